The first-order valence-electron chi connectivity index (χ1n) is 10.5. The molecule has 160 valence electrons. The number of anilines is 2. The second-order valence-electron chi connectivity index (χ2n) is 7.73. The number of carbonyl (C=O) groups is 1. The number of fused-ring (bicyclic) bond motifs is 1. The minimum Gasteiger partial charge on any atom is -0.484 e. The van der Waals surface area contributed by atoms with Crippen LogP contribution in [0.1, 0.15) is 29.4 Å². The van der Waals surface area contributed by atoms with E-state index >= 15 is 0 Å². The molecule has 0 aliphatic carbocycles. The van der Waals surface area contributed by atoms with Crippen LogP contribution < -0.4 is 20.3 Å². The Morgan fingerprint density at radius 1 is 1.27 bits per heavy atom. The van der Waals surface area contributed by atoms with Gasteiger partial charge in [0.25, 0.3) is 5.91 Å². The molecule has 1 aromatic heterocycles. The molecule has 2 atom stereocenters. The first kappa shape index (κ1) is 20.4. The van der Waals surface area contributed by atoms with Crippen molar-refractivity contribution in [3.63, 3.8) is 0 Å². The van der Waals surface area contributed by atoms with Gasteiger partial charge in [0.2, 0.25) is 0 Å². The predicted molar refractivity (Wildman–Crippen MR) is 116 cm³/mol. The average Bonchev–Trinajstić information content (AvgIpc) is 2.78. The molecule has 2 unspecified atom stereocenters. The van der Waals surface area contributed by atoms with E-state index in [0.29, 0.717) is 5.69 Å². The lowest BCUT2D eigenvalue weighted by molar-refractivity contribution is 0.0430. The molecule has 8 heteroatoms. The topological polar surface area (TPSA) is 90.0 Å². The zero-order valence-electron chi connectivity index (χ0n) is 17.5. The molecule has 0 saturated carbocycles. The second-order valence-corrected chi connectivity index (χ2v) is 7.73. The highest BCUT2D eigenvalue weighted by Gasteiger charge is 2.26. The number of aromatic nitrogens is 1. The van der Waals surface area contributed by atoms with Crippen molar-refractivity contribution in [3.05, 3.63) is 47.8 Å². The van der Waals surface area contributed by atoms with Gasteiger partial charge in [-0.1, -0.05) is 13.0 Å². The molecule has 0 radical (unpaired) electrons. The van der Waals surface area contributed by atoms with Gasteiger partial charge in [0.1, 0.15) is 17.5 Å². The Balaban J connectivity index is 1.33. The number of hydrogen-bond acceptors (Lipinski definition) is 7. The number of aliphatic hydroxyl groups excluding tert-OH is 1. The fourth-order valence-electron chi connectivity index (χ4n) is 3.94. The van der Waals surface area contributed by atoms with E-state index in [2.05, 4.69) is 37.6 Å². The molecule has 1 aromatic carbocycles. The summed E-state index contributed by atoms with van der Waals surface area (Å²) < 4.78 is 5.87. The number of rotatable bonds is 5. The number of nitrogens with one attached hydrogen (secondary N) is 2. The van der Waals surface area contributed by atoms with Gasteiger partial charge in [-0.25, -0.2) is 4.98 Å². The molecule has 2 aliphatic heterocycles. The monoisotopic (exact) mass is 411 g/mol. The zero-order chi connectivity index (χ0) is 21.1. The van der Waals surface area contributed by atoms with Crippen molar-refractivity contribution in [2.45, 2.75) is 32.2 Å². The van der Waals surface area contributed by atoms with Gasteiger partial charge in [-0.15, -0.1) is 0 Å². The number of nitrogens with zero attached hydrogens (tertiary/aromatic N) is 3. The standard InChI is InChI=1S/C22H29N5O3/c1-3-19-22(29)25-18-12-15(4-7-20(18)30-19)14-26-8-10-27(11-9-26)16-5-6-17(24-13-16)21(28)23-2/h4-7,12-13,19,22,25,29H,3,8-11,14H2,1-2H3,(H,23,28). The lowest BCUT2D eigenvalue weighted by atomic mass is 10.1. The Bertz CT molecular complexity index is 881. The van der Waals surface area contributed by atoms with Crippen LogP contribution in [-0.4, -0.2) is 66.5 Å². The average molecular weight is 412 g/mol. The van der Waals surface area contributed by atoms with E-state index in [4.69, 9.17) is 4.74 Å². The molecule has 8 nitrogen and oxygen atoms in total. The van der Waals surface area contributed by atoms with E-state index in [9.17, 15) is 9.90 Å². The summed E-state index contributed by atoms with van der Waals surface area (Å²) in [5, 5.41) is 15.9. The summed E-state index contributed by atoms with van der Waals surface area (Å²) in [5.41, 5.74) is 3.51. The maximum absolute atomic E-state index is 11.6. The predicted octanol–water partition coefficient (Wildman–Crippen LogP) is 1.66. The Hall–Kier alpha value is -2.84. The zero-order valence-corrected chi connectivity index (χ0v) is 17.5. The Kier molecular flexibility index (Phi) is 6.06. The minimum atomic E-state index is -0.676. The highest BCUT2D eigenvalue weighted by Crippen LogP contribution is 2.33. The molecule has 0 bridgehead atoms. The van der Waals surface area contributed by atoms with Crippen LogP contribution in [0.15, 0.2) is 36.5 Å². The van der Waals surface area contributed by atoms with Crippen LogP contribution in [-0.2, 0) is 6.54 Å². The minimum absolute atomic E-state index is 0.172. The number of carbonyl (C=O) groups excluding carboxylic acids is 1. The van der Waals surface area contributed by atoms with Crippen molar-refractivity contribution in [3.8, 4) is 5.75 Å². The third-order valence-corrected chi connectivity index (χ3v) is 5.73. The van der Waals surface area contributed by atoms with Gasteiger partial charge in [-0.2, -0.15) is 0 Å². The summed E-state index contributed by atoms with van der Waals surface area (Å²) in [4.78, 5) is 20.6. The number of benzene rings is 1. The Morgan fingerprint density at radius 3 is 2.73 bits per heavy atom. The van der Waals surface area contributed by atoms with Gasteiger partial charge in [0.15, 0.2) is 6.23 Å². The molecule has 1 saturated heterocycles. The lowest BCUT2D eigenvalue weighted by Gasteiger charge is -2.36. The molecular formula is C22H29N5O3. The molecule has 1 fully saturated rings. The summed E-state index contributed by atoms with van der Waals surface area (Å²) in [5.74, 6) is 0.627. The van der Waals surface area contributed by atoms with Crippen LogP contribution in [0.5, 0.6) is 5.75 Å². The van der Waals surface area contributed by atoms with Crippen LogP contribution >= 0.6 is 0 Å². The van der Waals surface area contributed by atoms with Gasteiger partial charge in [-0.3, -0.25) is 9.69 Å². The van der Waals surface area contributed by atoms with E-state index in [0.717, 1.165) is 56.3 Å². The summed E-state index contributed by atoms with van der Waals surface area (Å²) >= 11 is 0. The van der Waals surface area contributed by atoms with Crippen LogP contribution in [0.2, 0.25) is 0 Å². The maximum Gasteiger partial charge on any atom is 0.269 e. The SMILES string of the molecule is CCC1Oc2ccc(CN3CCN(c4ccc(C(=O)NC)nc4)CC3)cc2NC1O. The third kappa shape index (κ3) is 4.34. The molecule has 0 spiro atoms. The Morgan fingerprint density at radius 2 is 2.07 bits per heavy atom. The fraction of sp³-hybridized carbons (Fsp3) is 0.455. The number of ether oxygens (including phenoxy) is 1. The van der Waals surface area contributed by atoms with Gasteiger partial charge in [0.05, 0.1) is 17.6 Å². The summed E-state index contributed by atoms with van der Waals surface area (Å²) in [6, 6.07) is 9.87. The van der Waals surface area contributed by atoms with Crippen LogP contribution in [0, 0.1) is 0 Å². The highest BCUT2D eigenvalue weighted by atomic mass is 16.5. The highest BCUT2D eigenvalue weighted by molar-refractivity contribution is 5.92. The van der Waals surface area contributed by atoms with Crippen molar-refractivity contribution in [1.82, 2.24) is 15.2 Å². The molecule has 2 aromatic rings. The fourth-order valence-corrected chi connectivity index (χ4v) is 3.94. The number of hydrogen-bond donors (Lipinski definition) is 3. The first-order valence-corrected chi connectivity index (χ1v) is 10.5. The largest absolute Gasteiger partial charge is 0.484 e. The lowest BCUT2D eigenvalue weighted by Crippen LogP contribution is -2.46. The van der Waals surface area contributed by atoms with Crippen molar-refractivity contribution < 1.29 is 14.6 Å². The summed E-state index contributed by atoms with van der Waals surface area (Å²) in [6.45, 7) is 6.55. The van der Waals surface area contributed by atoms with Crippen molar-refractivity contribution in [2.75, 3.05) is 43.4 Å². The molecule has 2 aliphatic rings. The second kappa shape index (κ2) is 8.89. The smallest absolute Gasteiger partial charge is 0.269 e. The molecule has 4 rings (SSSR count). The van der Waals surface area contributed by atoms with Gasteiger partial charge in [-0.05, 0) is 36.2 Å². The third-order valence-electron chi connectivity index (χ3n) is 5.73. The van der Waals surface area contributed by atoms with Gasteiger partial charge in [0, 0.05) is 39.8 Å². The molecule has 1 amide bonds. The van der Waals surface area contributed by atoms with E-state index in [1.54, 1.807) is 19.3 Å². The quantitative estimate of drug-likeness (QED) is 0.689. The van der Waals surface area contributed by atoms with Crippen molar-refractivity contribution >= 4 is 17.3 Å². The molecule has 3 heterocycles. The van der Waals surface area contributed by atoms with Crippen molar-refractivity contribution in [2.24, 2.45) is 0 Å². The number of aliphatic hydroxyl groups is 1. The maximum atomic E-state index is 11.6. The van der Waals surface area contributed by atoms with Crippen molar-refractivity contribution in [1.29, 1.82) is 0 Å². The number of piperazine rings is 1. The molecule has 3 N–H and O–H groups in total. The molecule has 30 heavy (non-hydrogen) atoms. The van der Waals surface area contributed by atoms with E-state index in [1.807, 2.05) is 19.1 Å². The van der Waals surface area contributed by atoms with Gasteiger partial charge < -0.3 is 25.4 Å². The summed E-state index contributed by atoms with van der Waals surface area (Å²) in [6.07, 6.45) is 1.63. The Labute approximate surface area is 176 Å². The van der Waals surface area contributed by atoms with E-state index < -0.39 is 6.23 Å². The van der Waals surface area contributed by atoms with Crippen LogP contribution in [0.3, 0.4) is 0 Å². The normalized spacial score (nSPS) is 21.4. The molecular weight excluding hydrogens is 382 g/mol. The van der Waals surface area contributed by atoms with Gasteiger partial charge >= 0.3 is 0 Å². The number of pyridine rings is 1. The van der Waals surface area contributed by atoms with E-state index in [-0.39, 0.29) is 12.0 Å². The number of amides is 1. The van der Waals surface area contributed by atoms with E-state index in [1.165, 1.54) is 5.56 Å². The van der Waals surface area contributed by atoms with Crippen LogP contribution in [0.25, 0.3) is 0 Å². The summed E-state index contributed by atoms with van der Waals surface area (Å²) in [7, 11) is 1.60. The van der Waals surface area contributed by atoms with Crippen LogP contribution in [0.4, 0.5) is 11.4 Å². The first-order chi connectivity index (χ1) is 14.6.